The van der Waals surface area contributed by atoms with Gasteiger partial charge in [-0.15, -0.1) is 0 Å². The molecule has 6 heteroatoms. The van der Waals surface area contributed by atoms with E-state index in [-0.39, 0.29) is 12.6 Å². The van der Waals surface area contributed by atoms with Crippen LogP contribution in [0.5, 0.6) is 0 Å². The Labute approximate surface area is 161 Å². The SMILES string of the molecule is Cc1ccc(Nc2cc(-c3ccccc3)nc(N[C@@H](C)CO)n2)c(Br)c1. The number of nitrogens with one attached hydrogen (secondary N) is 2. The fourth-order valence-electron chi connectivity index (χ4n) is 2.46. The molecule has 0 unspecified atom stereocenters. The van der Waals surface area contributed by atoms with Gasteiger partial charge in [-0.2, -0.15) is 4.98 Å². The van der Waals surface area contributed by atoms with Crippen molar-refractivity contribution in [2.45, 2.75) is 19.9 Å². The molecule has 0 saturated carbocycles. The third-order valence-corrected chi connectivity index (χ3v) is 4.49. The minimum atomic E-state index is -0.139. The summed E-state index contributed by atoms with van der Waals surface area (Å²) in [7, 11) is 0. The molecule has 0 bridgehead atoms. The molecule has 26 heavy (non-hydrogen) atoms. The summed E-state index contributed by atoms with van der Waals surface area (Å²) < 4.78 is 0.968. The van der Waals surface area contributed by atoms with Gasteiger partial charge in [0, 0.05) is 22.1 Å². The van der Waals surface area contributed by atoms with Crippen LogP contribution in [0.2, 0.25) is 0 Å². The van der Waals surface area contributed by atoms with E-state index in [1.807, 2.05) is 62.4 Å². The van der Waals surface area contributed by atoms with E-state index in [0.29, 0.717) is 11.8 Å². The van der Waals surface area contributed by atoms with Crippen LogP contribution in [0, 0.1) is 6.92 Å². The van der Waals surface area contributed by atoms with Gasteiger partial charge in [-0.25, -0.2) is 4.98 Å². The van der Waals surface area contributed by atoms with E-state index in [1.165, 1.54) is 5.56 Å². The Hall–Kier alpha value is -2.44. The quantitative estimate of drug-likeness (QED) is 0.544. The molecule has 134 valence electrons. The third kappa shape index (κ3) is 4.59. The van der Waals surface area contributed by atoms with Crippen LogP contribution in [0.15, 0.2) is 59.1 Å². The molecule has 3 rings (SSSR count). The van der Waals surface area contributed by atoms with Crippen molar-refractivity contribution < 1.29 is 5.11 Å². The molecule has 0 spiro atoms. The second-order valence-corrected chi connectivity index (χ2v) is 7.02. The summed E-state index contributed by atoms with van der Waals surface area (Å²) in [5.41, 5.74) is 3.91. The number of aryl methyl sites for hydroxylation is 1. The Balaban J connectivity index is 1.98. The number of anilines is 3. The highest BCUT2D eigenvalue weighted by Gasteiger charge is 2.10. The van der Waals surface area contributed by atoms with E-state index >= 15 is 0 Å². The van der Waals surface area contributed by atoms with Crippen molar-refractivity contribution in [1.29, 1.82) is 0 Å². The summed E-state index contributed by atoms with van der Waals surface area (Å²) >= 11 is 3.58. The predicted molar refractivity (Wildman–Crippen MR) is 110 cm³/mol. The van der Waals surface area contributed by atoms with E-state index in [2.05, 4.69) is 42.6 Å². The van der Waals surface area contributed by atoms with Gasteiger partial charge in [0.05, 0.1) is 18.0 Å². The molecule has 0 radical (unpaired) electrons. The molecule has 0 aliphatic carbocycles. The monoisotopic (exact) mass is 412 g/mol. The first-order valence-electron chi connectivity index (χ1n) is 8.40. The van der Waals surface area contributed by atoms with Gasteiger partial charge < -0.3 is 15.7 Å². The van der Waals surface area contributed by atoms with Crippen LogP contribution < -0.4 is 10.6 Å². The molecule has 0 amide bonds. The lowest BCUT2D eigenvalue weighted by atomic mass is 10.1. The summed E-state index contributed by atoms with van der Waals surface area (Å²) in [6.07, 6.45) is 0. The van der Waals surface area contributed by atoms with Gasteiger partial charge >= 0.3 is 0 Å². The van der Waals surface area contributed by atoms with Crippen LogP contribution >= 0.6 is 15.9 Å². The zero-order chi connectivity index (χ0) is 18.5. The summed E-state index contributed by atoms with van der Waals surface area (Å²) in [6, 6.07) is 17.8. The van der Waals surface area contributed by atoms with Crippen LogP contribution in [0.25, 0.3) is 11.3 Å². The standard InChI is InChI=1S/C20H21BrN4O/c1-13-8-9-17(16(21)10-13)23-19-11-18(15-6-4-3-5-7-15)24-20(25-19)22-14(2)12-26/h3-11,14,26H,12H2,1-2H3,(H2,22,23,24,25)/t14-/m0/s1. The maximum atomic E-state index is 9.31. The Morgan fingerprint density at radius 2 is 1.85 bits per heavy atom. The van der Waals surface area contributed by atoms with E-state index in [0.717, 1.165) is 21.4 Å². The minimum Gasteiger partial charge on any atom is -0.394 e. The van der Waals surface area contributed by atoms with Gasteiger partial charge in [-0.3, -0.25) is 0 Å². The zero-order valence-electron chi connectivity index (χ0n) is 14.7. The van der Waals surface area contributed by atoms with Crippen molar-refractivity contribution in [3.05, 3.63) is 64.6 Å². The van der Waals surface area contributed by atoms with Crippen LogP contribution in [0.1, 0.15) is 12.5 Å². The second kappa shape index (κ2) is 8.29. The van der Waals surface area contributed by atoms with Crippen molar-refractivity contribution in [3.63, 3.8) is 0 Å². The summed E-state index contributed by atoms with van der Waals surface area (Å²) in [5, 5.41) is 15.8. The fraction of sp³-hybridized carbons (Fsp3) is 0.200. The molecule has 5 nitrogen and oxygen atoms in total. The number of benzene rings is 2. The van der Waals surface area contributed by atoms with E-state index in [4.69, 9.17) is 0 Å². The van der Waals surface area contributed by atoms with Gasteiger partial charge in [0.2, 0.25) is 5.95 Å². The number of hydrogen-bond donors (Lipinski definition) is 3. The number of aliphatic hydroxyl groups is 1. The first kappa shape index (κ1) is 18.4. The van der Waals surface area contributed by atoms with Crippen LogP contribution in [0.4, 0.5) is 17.5 Å². The van der Waals surface area contributed by atoms with Gasteiger partial charge in [0.25, 0.3) is 0 Å². The molecule has 1 atom stereocenters. The van der Waals surface area contributed by atoms with E-state index in [9.17, 15) is 5.11 Å². The van der Waals surface area contributed by atoms with Gasteiger partial charge in [0.1, 0.15) is 5.82 Å². The molecule has 0 saturated heterocycles. The third-order valence-electron chi connectivity index (χ3n) is 3.83. The number of rotatable bonds is 6. The first-order chi connectivity index (χ1) is 12.5. The Bertz CT molecular complexity index is 886. The molecule has 0 fully saturated rings. The Morgan fingerprint density at radius 1 is 1.08 bits per heavy atom. The molecular weight excluding hydrogens is 392 g/mol. The molecule has 1 aromatic heterocycles. The van der Waals surface area contributed by atoms with Crippen molar-refractivity contribution in [2.75, 3.05) is 17.2 Å². The zero-order valence-corrected chi connectivity index (χ0v) is 16.3. The smallest absolute Gasteiger partial charge is 0.225 e. The summed E-state index contributed by atoms with van der Waals surface area (Å²) in [4.78, 5) is 9.13. The molecule has 3 aromatic rings. The first-order valence-corrected chi connectivity index (χ1v) is 9.19. The average molecular weight is 413 g/mol. The number of halogens is 1. The van der Waals surface area contributed by atoms with Crippen LogP contribution in [-0.2, 0) is 0 Å². The number of aromatic nitrogens is 2. The second-order valence-electron chi connectivity index (χ2n) is 6.16. The molecule has 0 aliphatic heterocycles. The predicted octanol–water partition coefficient (Wildman–Crippen LogP) is 4.75. The lowest BCUT2D eigenvalue weighted by molar-refractivity contribution is 0.281. The fourth-order valence-corrected chi connectivity index (χ4v) is 3.05. The van der Waals surface area contributed by atoms with E-state index in [1.54, 1.807) is 0 Å². The van der Waals surface area contributed by atoms with Crippen LogP contribution in [-0.4, -0.2) is 27.7 Å². The lowest BCUT2D eigenvalue weighted by Gasteiger charge is -2.15. The van der Waals surface area contributed by atoms with Crippen molar-refractivity contribution in [3.8, 4) is 11.3 Å². The highest BCUT2D eigenvalue weighted by molar-refractivity contribution is 9.10. The largest absolute Gasteiger partial charge is 0.394 e. The van der Waals surface area contributed by atoms with Gasteiger partial charge in [-0.05, 0) is 47.5 Å². The Morgan fingerprint density at radius 3 is 2.54 bits per heavy atom. The maximum absolute atomic E-state index is 9.31. The highest BCUT2D eigenvalue weighted by atomic mass is 79.9. The molecule has 3 N–H and O–H groups in total. The molecular formula is C20H21BrN4O. The van der Waals surface area contributed by atoms with Crippen molar-refractivity contribution in [1.82, 2.24) is 9.97 Å². The number of aliphatic hydroxyl groups excluding tert-OH is 1. The number of hydrogen-bond acceptors (Lipinski definition) is 5. The Kier molecular flexibility index (Phi) is 5.85. The normalized spacial score (nSPS) is 11.8. The van der Waals surface area contributed by atoms with Crippen molar-refractivity contribution >= 4 is 33.4 Å². The van der Waals surface area contributed by atoms with Gasteiger partial charge in [0.15, 0.2) is 0 Å². The lowest BCUT2D eigenvalue weighted by Crippen LogP contribution is -2.21. The van der Waals surface area contributed by atoms with Crippen LogP contribution in [0.3, 0.4) is 0 Å². The van der Waals surface area contributed by atoms with E-state index < -0.39 is 0 Å². The highest BCUT2D eigenvalue weighted by Crippen LogP contribution is 2.28. The minimum absolute atomic E-state index is 0.00516. The molecule has 2 aromatic carbocycles. The summed E-state index contributed by atoms with van der Waals surface area (Å²) in [6.45, 7) is 3.93. The van der Waals surface area contributed by atoms with Crippen molar-refractivity contribution in [2.24, 2.45) is 0 Å². The molecule has 1 heterocycles. The maximum Gasteiger partial charge on any atom is 0.225 e. The average Bonchev–Trinajstić information content (AvgIpc) is 2.64. The topological polar surface area (TPSA) is 70.1 Å². The molecule has 0 aliphatic rings. The number of nitrogens with zero attached hydrogens (tertiary/aromatic N) is 2. The van der Waals surface area contributed by atoms with Gasteiger partial charge in [-0.1, -0.05) is 36.4 Å². The summed E-state index contributed by atoms with van der Waals surface area (Å²) in [5.74, 6) is 1.15.